The zero-order valence-corrected chi connectivity index (χ0v) is 18.5. The molecule has 1 aromatic carbocycles. The highest BCUT2D eigenvalue weighted by Gasteiger charge is 2.87. The fourth-order valence-corrected chi connectivity index (χ4v) is 7.17. The summed E-state index contributed by atoms with van der Waals surface area (Å²) in [6.45, 7) is 0. The van der Waals surface area contributed by atoms with Gasteiger partial charge in [0.15, 0.2) is 4.33 Å². The molecule has 4 nitrogen and oxygen atoms in total. The number of nitrogens with zero attached hydrogens (tertiary/aromatic N) is 1. The first-order chi connectivity index (χ1) is 12.5. The van der Waals surface area contributed by atoms with Gasteiger partial charge in [0.05, 0.1) is 34.7 Å². The second-order valence-corrected chi connectivity index (χ2v) is 10.1. The lowest BCUT2D eigenvalue weighted by molar-refractivity contribution is -0.123. The number of carbonyl (C=O) groups excluding carboxylic acids is 2. The van der Waals surface area contributed by atoms with Crippen molar-refractivity contribution in [3.8, 4) is 5.75 Å². The van der Waals surface area contributed by atoms with Gasteiger partial charge in [-0.25, -0.2) is 4.90 Å². The van der Waals surface area contributed by atoms with Gasteiger partial charge in [-0.1, -0.05) is 58.0 Å². The minimum Gasteiger partial charge on any atom is -0.495 e. The predicted molar refractivity (Wildman–Crippen MR) is 108 cm³/mol. The fourth-order valence-electron chi connectivity index (χ4n) is 4.07. The predicted octanol–water partition coefficient (Wildman–Crippen LogP) is 5.30. The van der Waals surface area contributed by atoms with Gasteiger partial charge >= 0.3 is 0 Å². The quantitative estimate of drug-likeness (QED) is 0.401. The minimum atomic E-state index is -1.97. The summed E-state index contributed by atoms with van der Waals surface area (Å²) < 4.78 is 3.28. The Hall–Kier alpha value is -0.0700. The maximum atomic E-state index is 13.3. The highest BCUT2D eigenvalue weighted by atomic mass is 35.5. The number of amides is 2. The second kappa shape index (κ2) is 5.98. The van der Waals surface area contributed by atoms with Gasteiger partial charge in [0, 0.05) is 5.02 Å². The van der Waals surface area contributed by atoms with Crippen LogP contribution < -0.4 is 9.64 Å². The summed E-state index contributed by atoms with van der Waals surface area (Å²) in [6, 6.07) is 4.51. The molecule has 144 valence electrons. The number of alkyl halides is 4. The first-order valence-corrected chi connectivity index (χ1v) is 10.1. The summed E-state index contributed by atoms with van der Waals surface area (Å²) in [6.07, 6.45) is 0. The number of hydrogen-bond acceptors (Lipinski definition) is 3. The molecule has 1 aliphatic heterocycles. The van der Waals surface area contributed by atoms with Gasteiger partial charge in [-0.3, -0.25) is 9.59 Å². The first kappa shape index (κ1) is 20.2. The third-order valence-electron chi connectivity index (χ3n) is 5.29. The Kier molecular flexibility index (Phi) is 4.47. The molecule has 1 aromatic rings. The van der Waals surface area contributed by atoms with E-state index in [9.17, 15) is 9.59 Å². The lowest BCUT2D eigenvalue weighted by Gasteiger charge is -2.34. The molecule has 0 spiro atoms. The largest absolute Gasteiger partial charge is 0.495 e. The molecular formula is C16H8Cl7NO3. The number of carbonyl (C=O) groups is 2. The molecule has 1 saturated carbocycles. The molecule has 0 N–H and O–H groups in total. The molecule has 4 atom stereocenters. The zero-order chi connectivity index (χ0) is 20.1. The topological polar surface area (TPSA) is 46.6 Å². The van der Waals surface area contributed by atoms with E-state index in [1.807, 2.05) is 0 Å². The Morgan fingerprint density at radius 1 is 0.926 bits per heavy atom. The SMILES string of the molecule is COc1ccc(Cl)cc1N1C(=O)[C@@H]2[C@H](C1=O)[C@]1(Cl)C(Cl)=C(Cl)[C@@]2(Cl)C1(Cl)Cl. The van der Waals surface area contributed by atoms with E-state index >= 15 is 0 Å². The van der Waals surface area contributed by atoms with Gasteiger partial charge < -0.3 is 4.74 Å². The number of imide groups is 1. The molecule has 1 heterocycles. The number of anilines is 1. The van der Waals surface area contributed by atoms with Crippen LogP contribution in [0.5, 0.6) is 5.75 Å². The molecule has 4 rings (SSSR count). The molecule has 2 fully saturated rings. The van der Waals surface area contributed by atoms with Crippen molar-refractivity contribution >= 4 is 98.7 Å². The van der Waals surface area contributed by atoms with Gasteiger partial charge in [-0.2, -0.15) is 0 Å². The van der Waals surface area contributed by atoms with Crippen LogP contribution in [0.2, 0.25) is 5.02 Å². The Balaban J connectivity index is 1.93. The van der Waals surface area contributed by atoms with Gasteiger partial charge in [-0.15, -0.1) is 23.2 Å². The highest BCUT2D eigenvalue weighted by molar-refractivity contribution is 6.67. The van der Waals surface area contributed by atoms with Crippen molar-refractivity contribution < 1.29 is 14.3 Å². The summed E-state index contributed by atoms with van der Waals surface area (Å²) in [5.74, 6) is -3.50. The summed E-state index contributed by atoms with van der Waals surface area (Å²) >= 11 is 44.8. The Labute approximate surface area is 189 Å². The van der Waals surface area contributed by atoms with Crippen molar-refractivity contribution in [1.82, 2.24) is 0 Å². The lowest BCUT2D eigenvalue weighted by Crippen LogP contribution is -2.50. The number of methoxy groups -OCH3 is 1. The van der Waals surface area contributed by atoms with Crippen molar-refractivity contribution in [3.63, 3.8) is 0 Å². The number of allylic oxidation sites excluding steroid dienone is 2. The van der Waals surface area contributed by atoms with Crippen LogP contribution in [-0.2, 0) is 9.59 Å². The standard InChI is InChI=1S/C16H8Cl7NO3/c1-27-7-3-2-5(17)4-6(7)24-12(25)8-9(13(24)26)15(21)11(19)10(18)14(8,20)16(15,22)23/h2-4,8-9H,1H3/t8-,9+,14+,15-. The number of benzene rings is 1. The van der Waals surface area contributed by atoms with Crippen molar-refractivity contribution in [3.05, 3.63) is 33.3 Å². The molecule has 27 heavy (non-hydrogen) atoms. The van der Waals surface area contributed by atoms with E-state index in [2.05, 4.69) is 0 Å². The number of rotatable bonds is 2. The van der Waals surface area contributed by atoms with E-state index in [1.165, 1.54) is 19.2 Å². The first-order valence-electron chi connectivity index (χ1n) is 7.49. The second-order valence-electron chi connectivity index (χ2n) is 6.41. The molecule has 0 radical (unpaired) electrons. The average molecular weight is 510 g/mol. The van der Waals surface area contributed by atoms with E-state index in [-0.39, 0.29) is 21.5 Å². The molecule has 2 aliphatic carbocycles. The summed E-state index contributed by atoms with van der Waals surface area (Å²) in [4.78, 5) is 23.8. The third-order valence-corrected chi connectivity index (χ3v) is 9.78. The molecule has 3 aliphatic rings. The number of hydrogen-bond donors (Lipinski definition) is 0. The van der Waals surface area contributed by atoms with Crippen molar-refractivity contribution in [1.29, 1.82) is 0 Å². The molecule has 0 unspecified atom stereocenters. The lowest BCUT2D eigenvalue weighted by atomic mass is 9.84. The van der Waals surface area contributed by atoms with Crippen LogP contribution in [-0.4, -0.2) is 33.0 Å². The molecule has 11 heteroatoms. The van der Waals surface area contributed by atoms with E-state index in [0.29, 0.717) is 5.02 Å². The zero-order valence-electron chi connectivity index (χ0n) is 13.2. The molecule has 2 amide bonds. The highest BCUT2D eigenvalue weighted by Crippen LogP contribution is 2.77. The molecule has 2 bridgehead atoms. The van der Waals surface area contributed by atoms with E-state index in [0.717, 1.165) is 4.90 Å². The van der Waals surface area contributed by atoms with Crippen LogP contribution in [0.3, 0.4) is 0 Å². The number of ether oxygens (including phenoxy) is 1. The van der Waals surface area contributed by atoms with Crippen LogP contribution in [0.1, 0.15) is 0 Å². The van der Waals surface area contributed by atoms with Crippen molar-refractivity contribution in [2.24, 2.45) is 11.8 Å². The maximum absolute atomic E-state index is 13.3. The molecular weight excluding hydrogens is 502 g/mol. The Morgan fingerprint density at radius 2 is 1.41 bits per heavy atom. The van der Waals surface area contributed by atoms with Gasteiger partial charge in [0.1, 0.15) is 15.5 Å². The van der Waals surface area contributed by atoms with Crippen molar-refractivity contribution in [2.75, 3.05) is 12.0 Å². The number of halogens is 7. The van der Waals surface area contributed by atoms with Crippen LogP contribution in [0.4, 0.5) is 5.69 Å². The average Bonchev–Trinajstić information content (AvgIpc) is 2.99. The van der Waals surface area contributed by atoms with Crippen LogP contribution in [0.15, 0.2) is 28.3 Å². The third kappa shape index (κ3) is 2.06. The molecule has 1 saturated heterocycles. The number of fused-ring (bicyclic) bond motifs is 5. The van der Waals surface area contributed by atoms with Gasteiger partial charge in [-0.05, 0) is 18.2 Å². The fraction of sp³-hybridized carbons (Fsp3) is 0.375. The summed E-state index contributed by atoms with van der Waals surface area (Å²) in [7, 11) is 1.40. The van der Waals surface area contributed by atoms with E-state index in [1.54, 1.807) is 6.07 Å². The Morgan fingerprint density at radius 3 is 1.85 bits per heavy atom. The van der Waals surface area contributed by atoms with Gasteiger partial charge in [0.25, 0.3) is 0 Å². The van der Waals surface area contributed by atoms with Crippen LogP contribution in [0.25, 0.3) is 0 Å². The van der Waals surface area contributed by atoms with E-state index in [4.69, 9.17) is 85.9 Å². The van der Waals surface area contributed by atoms with Gasteiger partial charge in [0.2, 0.25) is 11.8 Å². The minimum absolute atomic E-state index is 0.145. The monoisotopic (exact) mass is 507 g/mol. The van der Waals surface area contributed by atoms with Crippen LogP contribution in [0, 0.1) is 11.8 Å². The van der Waals surface area contributed by atoms with Crippen molar-refractivity contribution in [2.45, 2.75) is 14.1 Å². The smallest absolute Gasteiger partial charge is 0.240 e. The normalized spacial score (nSPS) is 36.7. The van der Waals surface area contributed by atoms with E-state index < -0.39 is 37.7 Å². The molecule has 0 aromatic heterocycles. The Bertz CT molecular complexity index is 902. The summed E-state index contributed by atoms with van der Waals surface area (Å²) in [5.41, 5.74) is 0.149. The summed E-state index contributed by atoms with van der Waals surface area (Å²) in [5, 5.41) is 0.00659. The maximum Gasteiger partial charge on any atom is 0.240 e. The van der Waals surface area contributed by atoms with Crippen LogP contribution >= 0.6 is 81.2 Å².